The fourth-order valence-corrected chi connectivity index (χ4v) is 1.39. The standard InChI is InChI=1S/C5H12NO5PS/c7-5(8)4(1-2-13)6-3-12(9,10)11/h4,6,13H,1-3H2,(H,7,8)(H2,9,10,11)/t4-/m0/s1. The second-order valence-corrected chi connectivity index (χ2v) is 4.52. The summed E-state index contributed by atoms with van der Waals surface area (Å²) in [6.07, 6.45) is -0.407. The lowest BCUT2D eigenvalue weighted by atomic mass is 10.2. The third-order valence-electron chi connectivity index (χ3n) is 1.26. The molecule has 0 aliphatic carbocycles. The van der Waals surface area contributed by atoms with Crippen molar-refractivity contribution in [2.24, 2.45) is 0 Å². The van der Waals surface area contributed by atoms with Crippen molar-refractivity contribution in [1.29, 1.82) is 0 Å². The van der Waals surface area contributed by atoms with Crippen LogP contribution in [0.5, 0.6) is 0 Å². The smallest absolute Gasteiger partial charge is 0.339 e. The zero-order valence-electron chi connectivity index (χ0n) is 6.75. The van der Waals surface area contributed by atoms with E-state index in [1.165, 1.54) is 0 Å². The minimum absolute atomic E-state index is 0.221. The minimum atomic E-state index is -4.18. The Labute approximate surface area is 80.9 Å². The summed E-state index contributed by atoms with van der Waals surface area (Å²) in [6.45, 7) is 0. The number of hydrogen-bond acceptors (Lipinski definition) is 4. The van der Waals surface area contributed by atoms with Crippen LogP contribution < -0.4 is 5.32 Å². The van der Waals surface area contributed by atoms with Gasteiger partial charge in [0.25, 0.3) is 0 Å². The summed E-state index contributed by atoms with van der Waals surface area (Å²) in [5, 5.41) is 10.8. The number of aliphatic carboxylic acids is 1. The second kappa shape index (κ2) is 5.62. The summed E-state index contributed by atoms with van der Waals surface area (Å²) in [4.78, 5) is 27.4. The highest BCUT2D eigenvalue weighted by Crippen LogP contribution is 2.32. The summed E-state index contributed by atoms with van der Waals surface area (Å²) < 4.78 is 10.4. The molecule has 0 radical (unpaired) electrons. The maximum absolute atomic E-state index is 10.5. The maximum atomic E-state index is 10.5. The molecule has 0 saturated carbocycles. The lowest BCUT2D eigenvalue weighted by Crippen LogP contribution is -2.37. The molecular formula is C5H12NO5PS. The Morgan fingerprint density at radius 3 is 2.38 bits per heavy atom. The highest BCUT2D eigenvalue weighted by molar-refractivity contribution is 7.80. The Hall–Kier alpha value is -0.0700. The Morgan fingerprint density at radius 1 is 1.54 bits per heavy atom. The third-order valence-corrected chi connectivity index (χ3v) is 2.11. The molecular weight excluding hydrogens is 217 g/mol. The Balaban J connectivity index is 3.97. The predicted molar refractivity (Wildman–Crippen MR) is 49.9 cm³/mol. The Morgan fingerprint density at radius 2 is 2.08 bits per heavy atom. The number of rotatable bonds is 6. The number of thiol groups is 1. The van der Waals surface area contributed by atoms with Crippen molar-refractivity contribution >= 4 is 26.2 Å². The van der Waals surface area contributed by atoms with Crippen molar-refractivity contribution < 1.29 is 24.3 Å². The maximum Gasteiger partial charge on any atom is 0.339 e. The van der Waals surface area contributed by atoms with Crippen LogP contribution in [0, 0.1) is 0 Å². The molecule has 0 aromatic rings. The molecule has 4 N–H and O–H groups in total. The number of carboxylic acid groups (broad SMARTS) is 1. The Kier molecular flexibility index (Phi) is 5.59. The molecule has 0 fully saturated rings. The van der Waals surface area contributed by atoms with Crippen molar-refractivity contribution in [3.8, 4) is 0 Å². The van der Waals surface area contributed by atoms with Crippen molar-refractivity contribution in [3.63, 3.8) is 0 Å². The van der Waals surface area contributed by atoms with Gasteiger partial charge in [-0.25, -0.2) is 0 Å². The molecule has 13 heavy (non-hydrogen) atoms. The van der Waals surface area contributed by atoms with Gasteiger partial charge in [-0.1, -0.05) is 0 Å². The van der Waals surface area contributed by atoms with Gasteiger partial charge in [-0.15, -0.1) is 0 Å². The van der Waals surface area contributed by atoms with Crippen molar-refractivity contribution in [2.75, 3.05) is 12.0 Å². The van der Waals surface area contributed by atoms with E-state index < -0.39 is 25.9 Å². The van der Waals surface area contributed by atoms with Crippen molar-refractivity contribution in [3.05, 3.63) is 0 Å². The van der Waals surface area contributed by atoms with E-state index in [0.29, 0.717) is 5.75 Å². The van der Waals surface area contributed by atoms with Gasteiger partial charge in [0.1, 0.15) is 6.04 Å². The van der Waals surface area contributed by atoms with Gasteiger partial charge in [-0.05, 0) is 12.2 Å². The van der Waals surface area contributed by atoms with Crippen molar-refractivity contribution in [2.45, 2.75) is 12.5 Å². The summed E-state index contributed by atoms with van der Waals surface area (Å²) in [5.41, 5.74) is 0. The van der Waals surface area contributed by atoms with Gasteiger partial charge < -0.3 is 14.9 Å². The van der Waals surface area contributed by atoms with Gasteiger partial charge in [0.05, 0.1) is 6.29 Å². The summed E-state index contributed by atoms with van der Waals surface area (Å²) >= 11 is 3.82. The van der Waals surface area contributed by atoms with E-state index in [2.05, 4.69) is 17.9 Å². The van der Waals surface area contributed by atoms with Crippen LogP contribution in [-0.4, -0.2) is 38.9 Å². The first-order valence-electron chi connectivity index (χ1n) is 3.48. The van der Waals surface area contributed by atoms with Crippen LogP contribution >= 0.6 is 20.2 Å². The van der Waals surface area contributed by atoms with Gasteiger partial charge in [-0.2, -0.15) is 12.6 Å². The molecule has 0 unspecified atom stereocenters. The van der Waals surface area contributed by atoms with E-state index >= 15 is 0 Å². The molecule has 0 amide bonds. The lowest BCUT2D eigenvalue weighted by molar-refractivity contribution is -0.139. The van der Waals surface area contributed by atoms with Crippen LogP contribution in [0.3, 0.4) is 0 Å². The molecule has 78 valence electrons. The van der Waals surface area contributed by atoms with Gasteiger partial charge in [0.15, 0.2) is 0 Å². The van der Waals surface area contributed by atoms with Gasteiger partial charge >= 0.3 is 13.6 Å². The third kappa shape index (κ3) is 7.04. The van der Waals surface area contributed by atoms with Crippen molar-refractivity contribution in [1.82, 2.24) is 5.32 Å². The Bertz CT molecular complexity index is 217. The zero-order chi connectivity index (χ0) is 10.5. The number of carboxylic acids is 1. The second-order valence-electron chi connectivity index (χ2n) is 2.43. The molecule has 0 aliphatic heterocycles. The van der Waals surface area contributed by atoms with Crippen LogP contribution in [0.15, 0.2) is 0 Å². The van der Waals surface area contributed by atoms with Crippen LogP contribution in [-0.2, 0) is 9.36 Å². The zero-order valence-corrected chi connectivity index (χ0v) is 8.54. The summed E-state index contributed by atoms with van der Waals surface area (Å²) in [6, 6.07) is -0.954. The lowest BCUT2D eigenvalue weighted by Gasteiger charge is -2.13. The molecule has 0 saturated heterocycles. The number of nitrogens with one attached hydrogen (secondary N) is 1. The summed E-state index contributed by atoms with van der Waals surface area (Å²) in [7, 11) is -4.18. The molecule has 0 aromatic heterocycles. The van der Waals surface area contributed by atoms with Crippen LogP contribution in [0.25, 0.3) is 0 Å². The van der Waals surface area contributed by atoms with Crippen LogP contribution in [0.4, 0.5) is 0 Å². The molecule has 0 spiro atoms. The largest absolute Gasteiger partial charge is 0.480 e. The normalized spacial score (nSPS) is 14.1. The highest BCUT2D eigenvalue weighted by Gasteiger charge is 2.20. The predicted octanol–water partition coefficient (Wildman–Crippen LogP) is -0.516. The average molecular weight is 229 g/mol. The average Bonchev–Trinajstić information content (AvgIpc) is 1.95. The molecule has 0 aromatic carbocycles. The number of carbonyl (C=O) groups is 1. The minimum Gasteiger partial charge on any atom is -0.480 e. The van der Waals surface area contributed by atoms with E-state index in [1.54, 1.807) is 0 Å². The molecule has 8 heteroatoms. The first-order valence-corrected chi connectivity index (χ1v) is 5.91. The van der Waals surface area contributed by atoms with Gasteiger partial charge in [0.2, 0.25) is 0 Å². The van der Waals surface area contributed by atoms with E-state index in [4.69, 9.17) is 14.9 Å². The van der Waals surface area contributed by atoms with Crippen LogP contribution in [0.2, 0.25) is 0 Å². The fourth-order valence-electron chi connectivity index (χ4n) is 0.671. The monoisotopic (exact) mass is 229 g/mol. The SMILES string of the molecule is O=C(O)[C@H](CCS)NCP(=O)(O)O. The molecule has 0 bridgehead atoms. The molecule has 0 heterocycles. The first kappa shape index (κ1) is 12.9. The summed E-state index contributed by atoms with van der Waals surface area (Å²) in [5.74, 6) is -0.798. The molecule has 0 aliphatic rings. The fraction of sp³-hybridized carbons (Fsp3) is 0.800. The van der Waals surface area contributed by atoms with E-state index in [1.807, 2.05) is 0 Å². The molecule has 6 nitrogen and oxygen atoms in total. The van der Waals surface area contributed by atoms with E-state index in [0.717, 1.165) is 0 Å². The van der Waals surface area contributed by atoms with E-state index in [-0.39, 0.29) is 6.42 Å². The topological polar surface area (TPSA) is 107 Å². The highest BCUT2D eigenvalue weighted by atomic mass is 32.1. The van der Waals surface area contributed by atoms with Crippen LogP contribution in [0.1, 0.15) is 6.42 Å². The van der Waals surface area contributed by atoms with Gasteiger partial charge in [-0.3, -0.25) is 14.7 Å². The van der Waals surface area contributed by atoms with E-state index in [9.17, 15) is 9.36 Å². The quantitative estimate of drug-likeness (QED) is 0.310. The molecule has 1 atom stereocenters. The molecule has 0 rings (SSSR count). The first-order chi connectivity index (χ1) is 5.87. The van der Waals surface area contributed by atoms with Gasteiger partial charge in [0, 0.05) is 0 Å². The number of hydrogen-bond donors (Lipinski definition) is 5.